The molecule has 3 aromatic heterocycles. The van der Waals surface area contributed by atoms with Crippen molar-refractivity contribution in [1.29, 1.82) is 5.41 Å². The SMILES string of the molecule is N=c1c(C(N)=O)cc(Cl)cn1Cc1cc2ccccn2n1. The summed E-state index contributed by atoms with van der Waals surface area (Å²) in [6, 6.07) is 9.06. The fraction of sp³-hybridized carbons (Fsp3) is 0.0714. The number of carbonyl (C=O) groups excluding carboxylic acids is 1. The summed E-state index contributed by atoms with van der Waals surface area (Å²) in [5, 5.41) is 12.8. The fourth-order valence-corrected chi connectivity index (χ4v) is 2.39. The van der Waals surface area contributed by atoms with Gasteiger partial charge < -0.3 is 10.3 Å². The molecule has 0 radical (unpaired) electrons. The molecule has 3 aromatic rings. The number of pyridine rings is 2. The number of rotatable bonds is 3. The van der Waals surface area contributed by atoms with Crippen LogP contribution in [0.15, 0.2) is 42.7 Å². The van der Waals surface area contributed by atoms with E-state index in [0.29, 0.717) is 11.6 Å². The molecule has 3 rings (SSSR count). The standard InChI is InChI=1S/C14H12ClN5O/c15-9-5-12(14(17)21)13(16)19(7-9)8-10-6-11-3-1-2-4-20(11)18-10/h1-7,16H,8H2,(H2,17,21). The van der Waals surface area contributed by atoms with E-state index in [1.807, 2.05) is 30.5 Å². The maximum absolute atomic E-state index is 11.3. The van der Waals surface area contributed by atoms with Crippen LogP contribution in [0.2, 0.25) is 5.02 Å². The second kappa shape index (κ2) is 5.06. The Bertz CT molecular complexity index is 863. The first-order valence-electron chi connectivity index (χ1n) is 6.22. The van der Waals surface area contributed by atoms with Gasteiger partial charge in [-0.3, -0.25) is 10.2 Å². The monoisotopic (exact) mass is 301 g/mol. The lowest BCUT2D eigenvalue weighted by Gasteiger charge is -2.08. The van der Waals surface area contributed by atoms with Crippen molar-refractivity contribution in [1.82, 2.24) is 14.2 Å². The first-order valence-corrected chi connectivity index (χ1v) is 6.60. The number of aromatic nitrogens is 3. The Balaban J connectivity index is 2.05. The Kier molecular flexibility index (Phi) is 3.23. The maximum Gasteiger partial charge on any atom is 0.252 e. The molecule has 3 heterocycles. The van der Waals surface area contributed by atoms with E-state index in [9.17, 15) is 4.79 Å². The molecule has 0 unspecified atom stereocenters. The quantitative estimate of drug-likeness (QED) is 0.766. The molecular weight excluding hydrogens is 290 g/mol. The molecule has 6 nitrogen and oxygen atoms in total. The predicted molar refractivity (Wildman–Crippen MR) is 78.1 cm³/mol. The zero-order valence-corrected chi connectivity index (χ0v) is 11.7. The van der Waals surface area contributed by atoms with E-state index in [0.717, 1.165) is 11.2 Å². The van der Waals surface area contributed by atoms with Gasteiger partial charge in [-0.1, -0.05) is 17.7 Å². The van der Waals surface area contributed by atoms with E-state index in [2.05, 4.69) is 5.10 Å². The third-order valence-electron chi connectivity index (χ3n) is 3.12. The van der Waals surface area contributed by atoms with Gasteiger partial charge >= 0.3 is 0 Å². The van der Waals surface area contributed by atoms with E-state index >= 15 is 0 Å². The highest BCUT2D eigenvalue weighted by Gasteiger charge is 2.10. The Morgan fingerprint density at radius 1 is 1.38 bits per heavy atom. The van der Waals surface area contributed by atoms with Crippen LogP contribution in [0.4, 0.5) is 0 Å². The van der Waals surface area contributed by atoms with Crippen molar-refractivity contribution in [2.45, 2.75) is 6.54 Å². The smallest absolute Gasteiger partial charge is 0.252 e. The number of nitrogens with one attached hydrogen (secondary N) is 1. The van der Waals surface area contributed by atoms with E-state index in [1.165, 1.54) is 6.07 Å². The predicted octanol–water partition coefficient (Wildman–Crippen LogP) is 1.42. The second-order valence-corrected chi connectivity index (χ2v) is 5.05. The normalized spacial score (nSPS) is 10.9. The van der Waals surface area contributed by atoms with E-state index in [1.54, 1.807) is 15.3 Å². The molecule has 3 N–H and O–H groups in total. The van der Waals surface area contributed by atoms with Crippen molar-refractivity contribution in [2.75, 3.05) is 0 Å². The molecule has 0 aliphatic rings. The van der Waals surface area contributed by atoms with Crippen LogP contribution in [0.3, 0.4) is 0 Å². The molecule has 0 fully saturated rings. The summed E-state index contributed by atoms with van der Waals surface area (Å²) in [4.78, 5) is 11.3. The Morgan fingerprint density at radius 3 is 2.90 bits per heavy atom. The molecule has 106 valence electrons. The molecule has 21 heavy (non-hydrogen) atoms. The third-order valence-corrected chi connectivity index (χ3v) is 3.33. The second-order valence-electron chi connectivity index (χ2n) is 4.62. The van der Waals surface area contributed by atoms with E-state index in [-0.39, 0.29) is 11.1 Å². The zero-order valence-electron chi connectivity index (χ0n) is 11.0. The first-order chi connectivity index (χ1) is 10.0. The highest BCUT2D eigenvalue weighted by molar-refractivity contribution is 6.30. The highest BCUT2D eigenvalue weighted by atomic mass is 35.5. The van der Waals surface area contributed by atoms with Gasteiger partial charge in [0.2, 0.25) is 0 Å². The van der Waals surface area contributed by atoms with Gasteiger partial charge in [-0.2, -0.15) is 5.10 Å². The van der Waals surface area contributed by atoms with Gasteiger partial charge in [0, 0.05) is 12.4 Å². The van der Waals surface area contributed by atoms with Gasteiger partial charge in [-0.15, -0.1) is 0 Å². The largest absolute Gasteiger partial charge is 0.365 e. The zero-order chi connectivity index (χ0) is 15.0. The number of halogens is 1. The number of primary amides is 1. The van der Waals surface area contributed by atoms with Gasteiger partial charge in [0.1, 0.15) is 5.49 Å². The van der Waals surface area contributed by atoms with Crippen molar-refractivity contribution in [3.8, 4) is 0 Å². The van der Waals surface area contributed by atoms with Crippen LogP contribution in [0.1, 0.15) is 16.1 Å². The molecule has 0 aliphatic carbocycles. The van der Waals surface area contributed by atoms with Crippen LogP contribution in [-0.4, -0.2) is 20.1 Å². The van der Waals surface area contributed by atoms with Crippen LogP contribution in [-0.2, 0) is 6.54 Å². The summed E-state index contributed by atoms with van der Waals surface area (Å²) >= 11 is 5.97. The number of nitrogens with zero attached hydrogens (tertiary/aromatic N) is 3. The van der Waals surface area contributed by atoms with Crippen LogP contribution >= 0.6 is 11.6 Å². The van der Waals surface area contributed by atoms with Gasteiger partial charge in [0.15, 0.2) is 0 Å². The van der Waals surface area contributed by atoms with E-state index < -0.39 is 5.91 Å². The lowest BCUT2D eigenvalue weighted by atomic mass is 10.2. The molecule has 0 aromatic carbocycles. The van der Waals surface area contributed by atoms with Gasteiger partial charge in [0.05, 0.1) is 28.3 Å². The maximum atomic E-state index is 11.3. The molecule has 0 saturated heterocycles. The molecule has 0 spiro atoms. The number of hydrogen-bond donors (Lipinski definition) is 2. The van der Waals surface area contributed by atoms with Crippen molar-refractivity contribution in [2.24, 2.45) is 5.73 Å². The van der Waals surface area contributed by atoms with Gasteiger partial charge in [-0.25, -0.2) is 4.52 Å². The van der Waals surface area contributed by atoms with Gasteiger partial charge in [-0.05, 0) is 24.3 Å². The third kappa shape index (κ3) is 2.53. The molecule has 0 bridgehead atoms. The van der Waals surface area contributed by atoms with Crippen molar-refractivity contribution < 1.29 is 4.79 Å². The highest BCUT2D eigenvalue weighted by Crippen LogP contribution is 2.10. The molecule has 0 aliphatic heterocycles. The number of amides is 1. The minimum Gasteiger partial charge on any atom is -0.365 e. The Morgan fingerprint density at radius 2 is 2.19 bits per heavy atom. The summed E-state index contributed by atoms with van der Waals surface area (Å²) in [6.45, 7) is 0.335. The average molecular weight is 302 g/mol. The lowest BCUT2D eigenvalue weighted by molar-refractivity contribution is 0.0998. The molecule has 7 heteroatoms. The Labute approximate surface area is 124 Å². The summed E-state index contributed by atoms with van der Waals surface area (Å²) in [6.07, 6.45) is 3.43. The fourth-order valence-electron chi connectivity index (χ4n) is 2.17. The molecule has 1 amide bonds. The number of fused-ring (bicyclic) bond motifs is 1. The van der Waals surface area contributed by atoms with E-state index in [4.69, 9.17) is 22.7 Å². The lowest BCUT2D eigenvalue weighted by Crippen LogP contribution is -2.29. The van der Waals surface area contributed by atoms with Crippen molar-refractivity contribution in [3.05, 3.63) is 64.5 Å². The topological polar surface area (TPSA) is 89.2 Å². The number of carbonyl (C=O) groups is 1. The minimum atomic E-state index is -0.675. The summed E-state index contributed by atoms with van der Waals surface area (Å²) < 4.78 is 3.29. The van der Waals surface area contributed by atoms with Crippen LogP contribution in [0, 0.1) is 5.41 Å². The Hall–Kier alpha value is -2.60. The minimum absolute atomic E-state index is 0.0176. The number of hydrogen-bond acceptors (Lipinski definition) is 3. The van der Waals surface area contributed by atoms with Crippen molar-refractivity contribution in [3.63, 3.8) is 0 Å². The molecular formula is C14H12ClN5O. The summed E-state index contributed by atoms with van der Waals surface area (Å²) in [5.41, 5.74) is 7.08. The average Bonchev–Trinajstić information content (AvgIpc) is 2.84. The summed E-state index contributed by atoms with van der Waals surface area (Å²) in [7, 11) is 0. The molecule has 0 atom stereocenters. The van der Waals surface area contributed by atoms with Crippen LogP contribution < -0.4 is 11.2 Å². The number of nitrogens with two attached hydrogens (primary N) is 1. The first kappa shape index (κ1) is 13.4. The van der Waals surface area contributed by atoms with Gasteiger partial charge in [0.25, 0.3) is 5.91 Å². The molecule has 0 saturated carbocycles. The van der Waals surface area contributed by atoms with Crippen molar-refractivity contribution >= 4 is 23.0 Å². The summed E-state index contributed by atoms with van der Waals surface area (Å²) in [5.74, 6) is -0.675. The van der Waals surface area contributed by atoms with Crippen LogP contribution in [0.5, 0.6) is 0 Å². The van der Waals surface area contributed by atoms with Crippen LogP contribution in [0.25, 0.3) is 5.52 Å².